The second-order valence-corrected chi connectivity index (χ2v) is 10.1. The topological polar surface area (TPSA) is 69.3 Å². The molecule has 0 bridgehead atoms. The Morgan fingerprint density at radius 2 is 1.94 bits per heavy atom. The molecule has 0 saturated heterocycles. The van der Waals surface area contributed by atoms with Crippen molar-refractivity contribution >= 4 is 50.9 Å². The van der Waals surface area contributed by atoms with Gasteiger partial charge in [-0.3, -0.25) is 9.48 Å². The lowest BCUT2D eigenvalue weighted by atomic mass is 10.0. The Morgan fingerprint density at radius 3 is 2.69 bits per heavy atom. The summed E-state index contributed by atoms with van der Waals surface area (Å²) in [7, 11) is 0. The maximum atomic E-state index is 12.7. The fraction of sp³-hybridized carbons (Fsp3) is 0.231. The van der Waals surface area contributed by atoms with Crippen molar-refractivity contribution in [1.82, 2.24) is 9.78 Å². The zero-order valence-electron chi connectivity index (χ0n) is 19.4. The quantitative estimate of drug-likeness (QED) is 0.232. The molecule has 1 N–H and O–H groups in total. The molecule has 182 valence electrons. The molecule has 2 aromatic carbocycles. The van der Waals surface area contributed by atoms with Crippen LogP contribution in [0.15, 0.2) is 63.6 Å². The molecule has 6 nitrogen and oxygen atoms in total. The van der Waals surface area contributed by atoms with Crippen molar-refractivity contribution in [3.05, 3.63) is 97.5 Å². The van der Waals surface area contributed by atoms with Crippen LogP contribution in [-0.4, -0.2) is 15.7 Å². The van der Waals surface area contributed by atoms with Crippen LogP contribution in [0.1, 0.15) is 52.8 Å². The standard InChI is InChI=1S/C26H24BrCl2N3O3/c1-15(2)19-11-22(29)16(3)10-24(19)34-14-18-8-9-23(35-18)26(33)30-25-20(27)13-32(31-25)12-17-6-4-5-7-21(17)28/h4-11,13,15H,12,14H2,1-3H3,(H,30,31,33). The van der Waals surface area contributed by atoms with E-state index in [0.717, 1.165) is 22.4 Å². The molecule has 9 heteroatoms. The first-order valence-electron chi connectivity index (χ1n) is 11.0. The van der Waals surface area contributed by atoms with E-state index in [2.05, 4.69) is 40.2 Å². The zero-order valence-corrected chi connectivity index (χ0v) is 22.5. The van der Waals surface area contributed by atoms with Crippen LogP contribution in [0.3, 0.4) is 0 Å². The highest BCUT2D eigenvalue weighted by Gasteiger charge is 2.17. The molecule has 1 amide bonds. The van der Waals surface area contributed by atoms with E-state index in [1.165, 1.54) is 0 Å². The number of nitrogens with one attached hydrogen (secondary N) is 1. The second kappa shape index (κ2) is 10.9. The Hall–Kier alpha value is -2.74. The molecular weight excluding hydrogens is 553 g/mol. The van der Waals surface area contributed by atoms with E-state index in [-0.39, 0.29) is 18.3 Å². The maximum Gasteiger partial charge on any atom is 0.292 e. The SMILES string of the molecule is Cc1cc(OCc2ccc(C(=O)Nc3nn(Cc4ccccc4Cl)cc3Br)o2)c(C(C)C)cc1Cl. The number of halogens is 3. The van der Waals surface area contributed by atoms with Crippen LogP contribution in [0, 0.1) is 6.92 Å². The van der Waals surface area contributed by atoms with Crippen LogP contribution < -0.4 is 10.1 Å². The van der Waals surface area contributed by atoms with Crippen molar-refractivity contribution in [2.75, 3.05) is 5.32 Å². The van der Waals surface area contributed by atoms with Gasteiger partial charge in [-0.1, -0.05) is 55.2 Å². The third-order valence-corrected chi connectivity index (χ3v) is 6.76. The molecular formula is C26H24BrCl2N3O3. The Kier molecular flexibility index (Phi) is 7.89. The number of furan rings is 1. The number of ether oxygens (including phenoxy) is 1. The minimum atomic E-state index is -0.412. The van der Waals surface area contributed by atoms with Gasteiger partial charge in [-0.15, -0.1) is 0 Å². The van der Waals surface area contributed by atoms with Crippen LogP contribution in [0.25, 0.3) is 0 Å². The van der Waals surface area contributed by atoms with Gasteiger partial charge in [0, 0.05) is 16.2 Å². The van der Waals surface area contributed by atoms with Crippen molar-refractivity contribution in [3.8, 4) is 5.75 Å². The average molecular weight is 577 g/mol. The van der Waals surface area contributed by atoms with Crippen LogP contribution in [0.5, 0.6) is 5.75 Å². The van der Waals surface area contributed by atoms with Crippen molar-refractivity contribution in [2.45, 2.75) is 39.8 Å². The predicted molar refractivity (Wildman–Crippen MR) is 142 cm³/mol. The summed E-state index contributed by atoms with van der Waals surface area (Å²) in [5.41, 5.74) is 2.88. The van der Waals surface area contributed by atoms with E-state index < -0.39 is 5.91 Å². The highest BCUT2D eigenvalue weighted by atomic mass is 79.9. The second-order valence-electron chi connectivity index (χ2n) is 8.42. The summed E-state index contributed by atoms with van der Waals surface area (Å²) in [6, 6.07) is 14.7. The van der Waals surface area contributed by atoms with Gasteiger partial charge in [0.05, 0.1) is 11.0 Å². The number of aromatic nitrogens is 2. The fourth-order valence-corrected chi connectivity index (χ4v) is 4.29. The van der Waals surface area contributed by atoms with E-state index in [1.54, 1.807) is 23.0 Å². The van der Waals surface area contributed by atoms with E-state index in [0.29, 0.717) is 32.6 Å². The summed E-state index contributed by atoms with van der Waals surface area (Å²) in [5, 5.41) is 8.57. The van der Waals surface area contributed by atoms with Crippen molar-refractivity contribution < 1.29 is 13.9 Å². The summed E-state index contributed by atoms with van der Waals surface area (Å²) in [6.45, 7) is 6.75. The van der Waals surface area contributed by atoms with Gasteiger partial charge in [-0.25, -0.2) is 0 Å². The van der Waals surface area contributed by atoms with E-state index in [9.17, 15) is 4.79 Å². The Morgan fingerprint density at radius 1 is 1.17 bits per heavy atom. The molecule has 2 aromatic heterocycles. The van der Waals surface area contributed by atoms with Gasteiger partial charge in [0.15, 0.2) is 11.6 Å². The normalized spacial score (nSPS) is 11.2. The summed E-state index contributed by atoms with van der Waals surface area (Å²) >= 11 is 16.0. The van der Waals surface area contributed by atoms with Crippen molar-refractivity contribution in [1.29, 1.82) is 0 Å². The number of hydrogen-bond acceptors (Lipinski definition) is 4. The maximum absolute atomic E-state index is 12.7. The molecule has 0 aliphatic rings. The van der Waals surface area contributed by atoms with Crippen molar-refractivity contribution in [3.63, 3.8) is 0 Å². The van der Waals surface area contributed by atoms with E-state index >= 15 is 0 Å². The van der Waals surface area contributed by atoms with Gasteiger partial charge < -0.3 is 14.5 Å². The van der Waals surface area contributed by atoms with Gasteiger partial charge in [-0.05, 0) is 75.8 Å². The Bertz CT molecular complexity index is 1360. The fourth-order valence-electron chi connectivity index (χ4n) is 3.51. The highest BCUT2D eigenvalue weighted by Crippen LogP contribution is 2.32. The van der Waals surface area contributed by atoms with Gasteiger partial charge >= 0.3 is 0 Å². The first-order valence-corrected chi connectivity index (χ1v) is 12.6. The molecule has 0 aliphatic heterocycles. The minimum Gasteiger partial charge on any atom is -0.485 e. The van der Waals surface area contributed by atoms with Crippen molar-refractivity contribution in [2.24, 2.45) is 0 Å². The average Bonchev–Trinajstić information content (AvgIpc) is 3.42. The lowest BCUT2D eigenvalue weighted by Crippen LogP contribution is -2.12. The Labute approximate surface area is 222 Å². The molecule has 0 spiro atoms. The van der Waals surface area contributed by atoms with Gasteiger partial charge in [0.1, 0.15) is 18.1 Å². The van der Waals surface area contributed by atoms with Crippen LogP contribution >= 0.6 is 39.1 Å². The Balaban J connectivity index is 1.41. The molecule has 2 heterocycles. The number of benzene rings is 2. The lowest BCUT2D eigenvalue weighted by Gasteiger charge is -2.15. The van der Waals surface area contributed by atoms with Crippen LogP contribution in [-0.2, 0) is 13.2 Å². The number of amides is 1. The number of nitrogens with zero attached hydrogens (tertiary/aromatic N) is 2. The summed E-state index contributed by atoms with van der Waals surface area (Å²) in [5.74, 6) is 1.66. The molecule has 0 radical (unpaired) electrons. The minimum absolute atomic E-state index is 0.160. The third-order valence-electron chi connectivity index (χ3n) is 5.41. The number of carbonyl (C=O) groups is 1. The highest BCUT2D eigenvalue weighted by molar-refractivity contribution is 9.10. The van der Waals surface area contributed by atoms with E-state index in [4.69, 9.17) is 32.4 Å². The number of anilines is 1. The molecule has 0 aliphatic carbocycles. The first-order chi connectivity index (χ1) is 16.7. The number of carbonyl (C=O) groups excluding carboxylic acids is 1. The van der Waals surface area contributed by atoms with Gasteiger partial charge in [0.2, 0.25) is 0 Å². The molecule has 0 unspecified atom stereocenters. The molecule has 35 heavy (non-hydrogen) atoms. The van der Waals surface area contributed by atoms with Crippen LogP contribution in [0.4, 0.5) is 5.82 Å². The smallest absolute Gasteiger partial charge is 0.292 e. The monoisotopic (exact) mass is 575 g/mol. The zero-order chi connectivity index (χ0) is 25.1. The van der Waals surface area contributed by atoms with Gasteiger partial charge in [0.25, 0.3) is 5.91 Å². The first kappa shape index (κ1) is 25.4. The third kappa shape index (κ3) is 6.10. The molecule has 0 fully saturated rings. The molecule has 4 aromatic rings. The summed E-state index contributed by atoms with van der Waals surface area (Å²) in [6.07, 6.45) is 1.78. The van der Waals surface area contributed by atoms with Gasteiger partial charge in [-0.2, -0.15) is 5.10 Å². The summed E-state index contributed by atoms with van der Waals surface area (Å²) in [4.78, 5) is 12.7. The lowest BCUT2D eigenvalue weighted by molar-refractivity contribution is 0.0992. The molecule has 0 saturated carbocycles. The predicted octanol–water partition coefficient (Wildman–Crippen LogP) is 7.86. The number of aryl methyl sites for hydroxylation is 1. The summed E-state index contributed by atoms with van der Waals surface area (Å²) < 4.78 is 14.1. The largest absolute Gasteiger partial charge is 0.485 e. The molecule has 0 atom stereocenters. The number of hydrogen-bond donors (Lipinski definition) is 1. The van der Waals surface area contributed by atoms with E-state index in [1.807, 2.05) is 43.3 Å². The number of rotatable bonds is 8. The van der Waals surface area contributed by atoms with Crippen LogP contribution in [0.2, 0.25) is 10.0 Å². The molecule has 4 rings (SSSR count).